The van der Waals surface area contributed by atoms with E-state index < -0.39 is 0 Å². The van der Waals surface area contributed by atoms with E-state index in [2.05, 4.69) is 19.2 Å². The van der Waals surface area contributed by atoms with Gasteiger partial charge in [-0.15, -0.1) is 0 Å². The van der Waals surface area contributed by atoms with Crippen LogP contribution in [0.3, 0.4) is 0 Å². The molecule has 1 aromatic rings. The first kappa shape index (κ1) is 14.6. The summed E-state index contributed by atoms with van der Waals surface area (Å²) < 4.78 is 10.8. The molecule has 2 rings (SSSR count). The molecule has 3 nitrogen and oxygen atoms in total. The van der Waals surface area contributed by atoms with Crippen LogP contribution < -0.4 is 5.32 Å². The van der Waals surface area contributed by atoms with Crippen LogP contribution in [-0.4, -0.2) is 19.2 Å². The Kier molecular flexibility index (Phi) is 5.93. The predicted octanol–water partition coefficient (Wildman–Crippen LogP) is 3.60. The quantitative estimate of drug-likeness (QED) is 0.765. The minimum atomic E-state index is 0.588. The first-order valence-electron chi connectivity index (χ1n) is 7.57. The number of furan rings is 1. The van der Waals surface area contributed by atoms with E-state index in [1.165, 1.54) is 19.3 Å². The molecule has 1 heterocycles. The van der Waals surface area contributed by atoms with E-state index in [9.17, 15) is 0 Å². The molecule has 1 fully saturated rings. The number of hydrogen-bond acceptors (Lipinski definition) is 3. The maximum atomic E-state index is 5.58. The highest BCUT2D eigenvalue weighted by molar-refractivity contribution is 4.95. The number of ether oxygens (including phenoxy) is 1. The Balaban J connectivity index is 1.49. The Labute approximate surface area is 116 Å². The molecule has 1 aliphatic carbocycles. The maximum absolute atomic E-state index is 5.58. The minimum Gasteiger partial charge on any atom is -0.467 e. The Hall–Kier alpha value is -0.800. The molecule has 1 saturated carbocycles. The summed E-state index contributed by atoms with van der Waals surface area (Å²) in [5.74, 6) is 2.65. The lowest BCUT2D eigenvalue weighted by Crippen LogP contribution is -2.37. The normalized spacial score (nSPS) is 27.6. The average molecular weight is 265 g/mol. The molecular formula is C16H27NO2. The molecule has 1 aliphatic rings. The van der Waals surface area contributed by atoms with Crippen molar-refractivity contribution in [2.24, 2.45) is 11.8 Å². The minimum absolute atomic E-state index is 0.588. The highest BCUT2D eigenvalue weighted by atomic mass is 16.5. The maximum Gasteiger partial charge on any atom is 0.129 e. The fourth-order valence-corrected chi connectivity index (χ4v) is 3.16. The van der Waals surface area contributed by atoms with Crippen molar-refractivity contribution in [3.05, 3.63) is 24.2 Å². The van der Waals surface area contributed by atoms with E-state index in [1.807, 2.05) is 12.1 Å². The summed E-state index contributed by atoms with van der Waals surface area (Å²) in [4.78, 5) is 0. The second kappa shape index (κ2) is 7.71. The van der Waals surface area contributed by atoms with Gasteiger partial charge in [0.15, 0.2) is 0 Å². The highest BCUT2D eigenvalue weighted by Gasteiger charge is 2.22. The first-order valence-corrected chi connectivity index (χ1v) is 7.57. The van der Waals surface area contributed by atoms with Crippen LogP contribution in [-0.2, 0) is 11.3 Å². The van der Waals surface area contributed by atoms with Gasteiger partial charge in [0.1, 0.15) is 12.4 Å². The molecule has 3 heteroatoms. The van der Waals surface area contributed by atoms with E-state index >= 15 is 0 Å². The molecule has 0 aromatic carbocycles. The summed E-state index contributed by atoms with van der Waals surface area (Å²) >= 11 is 0. The molecule has 1 aromatic heterocycles. The van der Waals surface area contributed by atoms with Gasteiger partial charge < -0.3 is 14.5 Å². The lowest BCUT2D eigenvalue weighted by molar-refractivity contribution is 0.102. The molecule has 1 N–H and O–H groups in total. The van der Waals surface area contributed by atoms with Crippen LogP contribution in [0.4, 0.5) is 0 Å². The topological polar surface area (TPSA) is 34.4 Å². The van der Waals surface area contributed by atoms with E-state index in [-0.39, 0.29) is 0 Å². The van der Waals surface area contributed by atoms with Crippen molar-refractivity contribution in [2.45, 2.75) is 52.2 Å². The molecule has 2 atom stereocenters. The molecule has 0 saturated heterocycles. The smallest absolute Gasteiger partial charge is 0.129 e. The number of nitrogens with one attached hydrogen (secondary N) is 1. The van der Waals surface area contributed by atoms with Gasteiger partial charge in [-0.25, -0.2) is 0 Å². The molecule has 0 bridgehead atoms. The van der Waals surface area contributed by atoms with Crippen LogP contribution in [0.25, 0.3) is 0 Å². The summed E-state index contributed by atoms with van der Waals surface area (Å²) in [5, 5.41) is 3.67. The van der Waals surface area contributed by atoms with Gasteiger partial charge >= 0.3 is 0 Å². The molecule has 108 valence electrons. The molecule has 0 spiro atoms. The number of rotatable bonds is 7. The van der Waals surface area contributed by atoms with E-state index in [4.69, 9.17) is 9.15 Å². The van der Waals surface area contributed by atoms with Crippen LogP contribution in [0.1, 0.15) is 45.3 Å². The zero-order valence-electron chi connectivity index (χ0n) is 12.2. The second-order valence-electron chi connectivity index (χ2n) is 6.05. The van der Waals surface area contributed by atoms with Crippen LogP contribution in [0.5, 0.6) is 0 Å². The summed E-state index contributed by atoms with van der Waals surface area (Å²) in [5.41, 5.74) is 0. The van der Waals surface area contributed by atoms with Gasteiger partial charge in [-0.05, 0) is 56.2 Å². The third-order valence-corrected chi connectivity index (χ3v) is 3.90. The van der Waals surface area contributed by atoms with Crippen molar-refractivity contribution in [3.8, 4) is 0 Å². The van der Waals surface area contributed by atoms with E-state index in [1.54, 1.807) is 6.26 Å². The van der Waals surface area contributed by atoms with E-state index in [0.29, 0.717) is 12.6 Å². The molecule has 2 unspecified atom stereocenters. The monoisotopic (exact) mass is 265 g/mol. The molecule has 0 aliphatic heterocycles. The fourth-order valence-electron chi connectivity index (χ4n) is 3.16. The van der Waals surface area contributed by atoms with Crippen molar-refractivity contribution in [2.75, 3.05) is 13.2 Å². The SMILES string of the molecule is CC1CC(C)CC(NCCCOCc2ccco2)C1. The zero-order chi connectivity index (χ0) is 13.5. The zero-order valence-corrected chi connectivity index (χ0v) is 12.2. The van der Waals surface area contributed by atoms with Crippen molar-refractivity contribution < 1.29 is 9.15 Å². The summed E-state index contributed by atoms with van der Waals surface area (Å²) in [6.07, 6.45) is 6.81. The van der Waals surface area contributed by atoms with Gasteiger partial charge in [-0.1, -0.05) is 13.8 Å². The van der Waals surface area contributed by atoms with Gasteiger partial charge in [0.25, 0.3) is 0 Å². The van der Waals surface area contributed by atoms with Crippen LogP contribution in [0.15, 0.2) is 22.8 Å². The van der Waals surface area contributed by atoms with Gasteiger partial charge in [0, 0.05) is 12.6 Å². The van der Waals surface area contributed by atoms with Crippen LogP contribution in [0, 0.1) is 11.8 Å². The second-order valence-corrected chi connectivity index (χ2v) is 6.05. The lowest BCUT2D eigenvalue weighted by Gasteiger charge is -2.32. The fraction of sp³-hybridized carbons (Fsp3) is 0.750. The van der Waals surface area contributed by atoms with Crippen molar-refractivity contribution >= 4 is 0 Å². The summed E-state index contributed by atoms with van der Waals surface area (Å²) in [7, 11) is 0. The lowest BCUT2D eigenvalue weighted by atomic mass is 9.80. The molecule has 0 amide bonds. The Morgan fingerprint density at radius 3 is 2.74 bits per heavy atom. The van der Waals surface area contributed by atoms with Gasteiger partial charge in [-0.2, -0.15) is 0 Å². The Morgan fingerprint density at radius 2 is 2.05 bits per heavy atom. The van der Waals surface area contributed by atoms with Crippen molar-refractivity contribution in [1.82, 2.24) is 5.32 Å². The predicted molar refractivity (Wildman–Crippen MR) is 77.0 cm³/mol. The third kappa shape index (κ3) is 5.37. The summed E-state index contributed by atoms with van der Waals surface area (Å²) in [6.45, 7) is 7.19. The van der Waals surface area contributed by atoms with Crippen LogP contribution in [0.2, 0.25) is 0 Å². The van der Waals surface area contributed by atoms with Gasteiger partial charge in [0.2, 0.25) is 0 Å². The largest absolute Gasteiger partial charge is 0.467 e. The van der Waals surface area contributed by atoms with Crippen molar-refractivity contribution in [1.29, 1.82) is 0 Å². The number of hydrogen-bond donors (Lipinski definition) is 1. The highest BCUT2D eigenvalue weighted by Crippen LogP contribution is 2.28. The summed E-state index contributed by atoms with van der Waals surface area (Å²) in [6, 6.07) is 4.55. The van der Waals surface area contributed by atoms with Crippen LogP contribution >= 0.6 is 0 Å². The van der Waals surface area contributed by atoms with Gasteiger partial charge in [0.05, 0.1) is 6.26 Å². The first-order chi connectivity index (χ1) is 9.24. The Bertz CT molecular complexity index is 327. The third-order valence-electron chi connectivity index (χ3n) is 3.90. The van der Waals surface area contributed by atoms with E-state index in [0.717, 1.165) is 37.2 Å². The molecule has 0 radical (unpaired) electrons. The van der Waals surface area contributed by atoms with Gasteiger partial charge in [-0.3, -0.25) is 0 Å². The Morgan fingerprint density at radius 1 is 1.26 bits per heavy atom. The van der Waals surface area contributed by atoms with Crippen molar-refractivity contribution in [3.63, 3.8) is 0 Å². The molecule has 19 heavy (non-hydrogen) atoms. The standard InChI is InChI=1S/C16H27NO2/c1-13-9-14(2)11-15(10-13)17-6-4-7-18-12-16-5-3-8-19-16/h3,5,8,13-15,17H,4,6-7,9-12H2,1-2H3. The molecular weight excluding hydrogens is 238 g/mol. The average Bonchev–Trinajstić information content (AvgIpc) is 2.85.